The van der Waals surface area contributed by atoms with Crippen molar-refractivity contribution in [3.63, 3.8) is 0 Å². The number of hydrogen-bond donors (Lipinski definition) is 0. The maximum Gasteiger partial charge on any atom is 0.285 e. The second-order valence-corrected chi connectivity index (χ2v) is 7.53. The molecule has 0 spiro atoms. The van der Waals surface area contributed by atoms with Gasteiger partial charge in [-0.05, 0) is 24.3 Å². The van der Waals surface area contributed by atoms with Crippen molar-refractivity contribution in [2.45, 2.75) is 12.5 Å². The van der Waals surface area contributed by atoms with Crippen LogP contribution in [0.2, 0.25) is 0 Å². The summed E-state index contributed by atoms with van der Waals surface area (Å²) in [5.41, 5.74) is 1.54. The van der Waals surface area contributed by atoms with E-state index in [1.165, 1.54) is 0 Å². The molecule has 0 aromatic heterocycles. The molecule has 8 heteroatoms. The highest BCUT2D eigenvalue weighted by atomic mass is 79.9. The van der Waals surface area contributed by atoms with E-state index in [0.29, 0.717) is 5.56 Å². The van der Waals surface area contributed by atoms with Gasteiger partial charge in [-0.2, -0.15) is 5.26 Å². The van der Waals surface area contributed by atoms with E-state index in [4.69, 9.17) is 5.26 Å². The quantitative estimate of drug-likeness (QED) is 0.497. The van der Waals surface area contributed by atoms with Crippen LogP contribution in [0.15, 0.2) is 24.3 Å². The Hall–Kier alpha value is -1.50. The van der Waals surface area contributed by atoms with Crippen molar-refractivity contribution < 1.29 is 26.3 Å². The second kappa shape index (κ2) is 6.04. The largest absolute Gasteiger partial charge is 1.00 e. The van der Waals surface area contributed by atoms with E-state index in [1.54, 1.807) is 12.1 Å². The number of quaternary nitrogens is 1. The molecule has 5 heterocycles. The fourth-order valence-electron chi connectivity index (χ4n) is 5.02. The van der Waals surface area contributed by atoms with Gasteiger partial charge in [0.2, 0.25) is 0 Å². The van der Waals surface area contributed by atoms with Gasteiger partial charge in [0, 0.05) is 18.7 Å². The number of rotatable bonds is 2. The zero-order chi connectivity index (χ0) is 16.3. The van der Waals surface area contributed by atoms with Crippen LogP contribution in [0.25, 0.3) is 0 Å². The Morgan fingerprint density at radius 2 is 1.56 bits per heavy atom. The lowest BCUT2D eigenvalue weighted by atomic mass is 10.1. The summed E-state index contributed by atoms with van der Waals surface area (Å²) in [6, 6.07) is 9.54. The lowest BCUT2D eigenvalue weighted by Gasteiger charge is -2.62. The van der Waals surface area contributed by atoms with Crippen molar-refractivity contribution in [2.75, 3.05) is 51.5 Å². The smallest absolute Gasteiger partial charge is 0.285 e. The molecule has 0 aliphatic carbocycles. The lowest BCUT2D eigenvalue weighted by molar-refractivity contribution is -0.992. The number of nitrogens with zero attached hydrogens (tertiary/aromatic N) is 6. The van der Waals surface area contributed by atoms with Gasteiger partial charge >= 0.3 is 0 Å². The molecule has 5 aliphatic rings. The Labute approximate surface area is 157 Å². The van der Waals surface area contributed by atoms with E-state index in [0.717, 1.165) is 63.1 Å². The molecule has 7 nitrogen and oxygen atoms in total. The van der Waals surface area contributed by atoms with Crippen LogP contribution in [0.5, 0.6) is 0 Å². The van der Waals surface area contributed by atoms with Crippen LogP contribution in [-0.4, -0.2) is 77.7 Å². The number of benzene rings is 1. The van der Waals surface area contributed by atoms with Crippen molar-refractivity contribution in [1.29, 1.82) is 5.26 Å². The first kappa shape index (κ1) is 16.9. The molecule has 1 aromatic rings. The maximum atomic E-state index is 13.2. The molecule has 0 N–H and O–H groups in total. The monoisotopic (exact) mass is 404 g/mol. The molecular formula is C17H21BrN6O. The first-order valence-corrected chi connectivity index (χ1v) is 8.51. The van der Waals surface area contributed by atoms with Gasteiger partial charge in [-0.1, -0.05) is 0 Å². The molecule has 5 aliphatic heterocycles. The summed E-state index contributed by atoms with van der Waals surface area (Å²) in [7, 11) is 0. The Balaban J connectivity index is 0.00000157. The van der Waals surface area contributed by atoms with E-state index < -0.39 is 0 Å². The fourth-order valence-corrected chi connectivity index (χ4v) is 5.02. The molecule has 25 heavy (non-hydrogen) atoms. The summed E-state index contributed by atoms with van der Waals surface area (Å²) in [6.45, 7) is 6.86. The van der Waals surface area contributed by atoms with Gasteiger partial charge in [0.25, 0.3) is 5.91 Å². The summed E-state index contributed by atoms with van der Waals surface area (Å²) < 4.78 is 0.867. The normalized spacial score (nSPS) is 38.5. The molecule has 5 fully saturated rings. The number of halogens is 1. The number of anilines is 1. The summed E-state index contributed by atoms with van der Waals surface area (Å²) in [5, 5.41) is 8.94. The number of carbonyl (C=O) groups excluding carboxylic acids is 1. The first-order valence-electron chi connectivity index (χ1n) is 8.51. The third-order valence-electron chi connectivity index (χ3n) is 5.79. The van der Waals surface area contributed by atoms with Crippen LogP contribution in [-0.2, 0) is 4.79 Å². The topological polar surface area (TPSA) is 53.8 Å². The van der Waals surface area contributed by atoms with Gasteiger partial charge < -0.3 is 21.9 Å². The fraction of sp³-hybridized carbons (Fsp3) is 0.529. The minimum absolute atomic E-state index is 0. The minimum Gasteiger partial charge on any atom is -1.00 e. The molecule has 1 unspecified atom stereocenters. The Morgan fingerprint density at radius 3 is 2.08 bits per heavy atom. The second-order valence-electron chi connectivity index (χ2n) is 7.53. The van der Waals surface area contributed by atoms with Gasteiger partial charge in [0.15, 0.2) is 6.04 Å². The van der Waals surface area contributed by atoms with Crippen molar-refractivity contribution >= 4 is 11.6 Å². The predicted molar refractivity (Wildman–Crippen MR) is 86.9 cm³/mol. The minimum atomic E-state index is 0. The van der Waals surface area contributed by atoms with Gasteiger partial charge in [-0.15, -0.1) is 0 Å². The average Bonchev–Trinajstić information content (AvgIpc) is 2.96. The molecule has 4 bridgehead atoms. The van der Waals surface area contributed by atoms with Crippen LogP contribution in [0.3, 0.4) is 0 Å². The van der Waals surface area contributed by atoms with Crippen LogP contribution < -0.4 is 21.9 Å². The Bertz CT molecular complexity index is 694. The van der Waals surface area contributed by atoms with E-state index >= 15 is 0 Å². The SMILES string of the molecule is N#Cc1ccc(N2CCC([N+]34CN5CN(CN(C5)C3)C4)C2=O)cc1.[Br-]. The molecule has 0 radical (unpaired) electrons. The van der Waals surface area contributed by atoms with E-state index in [1.807, 2.05) is 17.0 Å². The third-order valence-corrected chi connectivity index (χ3v) is 5.79. The molecule has 1 amide bonds. The van der Waals surface area contributed by atoms with Crippen molar-refractivity contribution in [2.24, 2.45) is 0 Å². The zero-order valence-corrected chi connectivity index (χ0v) is 15.6. The Kier molecular flexibility index (Phi) is 4.09. The van der Waals surface area contributed by atoms with E-state index in [-0.39, 0.29) is 28.9 Å². The number of nitriles is 1. The maximum absolute atomic E-state index is 13.2. The molecule has 6 rings (SSSR count). The van der Waals surface area contributed by atoms with Crippen LogP contribution in [0.1, 0.15) is 12.0 Å². The van der Waals surface area contributed by atoms with Crippen molar-refractivity contribution in [1.82, 2.24) is 14.7 Å². The molecule has 132 valence electrons. The number of carbonyl (C=O) groups is 1. The van der Waals surface area contributed by atoms with Crippen LogP contribution in [0.4, 0.5) is 5.69 Å². The van der Waals surface area contributed by atoms with Crippen molar-refractivity contribution in [3.8, 4) is 6.07 Å². The average molecular weight is 405 g/mol. The van der Waals surface area contributed by atoms with Gasteiger partial charge in [-0.3, -0.25) is 9.28 Å². The Morgan fingerprint density at radius 1 is 1.00 bits per heavy atom. The van der Waals surface area contributed by atoms with E-state index in [9.17, 15) is 4.79 Å². The van der Waals surface area contributed by atoms with Crippen LogP contribution in [0, 0.1) is 11.3 Å². The molecule has 1 atom stereocenters. The van der Waals surface area contributed by atoms with Gasteiger partial charge in [0.05, 0.1) is 31.6 Å². The van der Waals surface area contributed by atoms with Crippen molar-refractivity contribution in [3.05, 3.63) is 29.8 Å². The number of amides is 1. The summed E-state index contributed by atoms with van der Waals surface area (Å²) >= 11 is 0. The highest BCUT2D eigenvalue weighted by molar-refractivity contribution is 5.98. The van der Waals surface area contributed by atoms with Gasteiger partial charge in [-0.25, -0.2) is 14.7 Å². The summed E-state index contributed by atoms with van der Waals surface area (Å²) in [4.78, 5) is 22.4. The predicted octanol–water partition coefficient (Wildman–Crippen LogP) is -2.82. The standard InChI is InChI=1S/C17H21N6O.BrH/c18-7-14-1-3-15(4-2-14)22-6-5-16(17(22)24)23-11-19-8-20(12-23)10-21(9-19)13-23;/h1-4,16H,5-6,8-13H2;1H/q+1;/p-1. The third kappa shape index (κ3) is 2.58. The number of hydrogen-bond acceptors (Lipinski definition) is 5. The van der Waals surface area contributed by atoms with Crippen LogP contribution >= 0.6 is 0 Å². The molecule has 1 aromatic carbocycles. The molecule has 5 saturated heterocycles. The molecule has 0 saturated carbocycles. The highest BCUT2D eigenvalue weighted by Gasteiger charge is 2.56. The first-order chi connectivity index (χ1) is 11.7. The molecular weight excluding hydrogens is 384 g/mol. The summed E-state index contributed by atoms with van der Waals surface area (Å²) in [5.74, 6) is 0.241. The lowest BCUT2D eigenvalue weighted by Crippen LogP contribution is -3.00. The summed E-state index contributed by atoms with van der Waals surface area (Å²) in [6.07, 6.45) is 0.911. The van der Waals surface area contributed by atoms with E-state index in [2.05, 4.69) is 20.8 Å². The highest BCUT2D eigenvalue weighted by Crippen LogP contribution is 2.36. The zero-order valence-electron chi connectivity index (χ0n) is 14.0. The van der Waals surface area contributed by atoms with Gasteiger partial charge in [0.1, 0.15) is 20.0 Å².